The molecule has 0 rings (SSSR count). The normalized spacial score (nSPS) is 11.5. The average Bonchev–Trinajstić information content (AvgIpc) is 1.67. The highest BCUT2D eigenvalue weighted by atomic mass is 14.6. The first kappa shape index (κ1) is 7.03. The zero-order chi connectivity index (χ0) is 6.57. The summed E-state index contributed by atoms with van der Waals surface area (Å²) in [6.45, 7) is 3.90. The Morgan fingerprint density at radius 3 is 2.38 bits per heavy atom. The lowest BCUT2D eigenvalue weighted by Gasteiger charge is -1.99. The Labute approximate surface area is 49.6 Å². The van der Waals surface area contributed by atoms with E-state index in [1.807, 2.05) is 19.9 Å². The van der Waals surface area contributed by atoms with Crippen molar-refractivity contribution in [1.82, 2.24) is 0 Å². The van der Waals surface area contributed by atoms with Crippen LogP contribution in [-0.2, 0) is 0 Å². The van der Waals surface area contributed by atoms with Crippen LogP contribution in [-0.4, -0.2) is 0 Å². The number of nitrogens with zero attached hydrogens (tertiary/aromatic N) is 1. The van der Waals surface area contributed by atoms with Crippen LogP contribution in [0.1, 0.15) is 13.8 Å². The largest absolute Gasteiger partial charge is 0.401 e. The van der Waals surface area contributed by atoms with E-state index in [9.17, 15) is 0 Å². The highest BCUT2D eigenvalue weighted by molar-refractivity contribution is 5.11. The summed E-state index contributed by atoms with van der Waals surface area (Å²) in [4.78, 5) is 0. The standard InChI is InChI=1S/C6H10N2/c1-5(2)6(8)3-4-7/h3,5H,8H2,1-2H3/b6-3+. The molecule has 0 saturated carbocycles. The molecular formula is C6H10N2. The summed E-state index contributed by atoms with van der Waals surface area (Å²) >= 11 is 0. The molecule has 0 aliphatic rings. The molecule has 0 unspecified atom stereocenters. The van der Waals surface area contributed by atoms with E-state index in [1.165, 1.54) is 6.08 Å². The van der Waals surface area contributed by atoms with E-state index in [0.29, 0.717) is 5.70 Å². The number of nitriles is 1. The molecule has 0 spiro atoms. The van der Waals surface area contributed by atoms with E-state index in [0.717, 1.165) is 0 Å². The van der Waals surface area contributed by atoms with E-state index < -0.39 is 0 Å². The molecule has 0 heterocycles. The molecule has 0 radical (unpaired) electrons. The molecule has 0 aromatic rings. The fraction of sp³-hybridized carbons (Fsp3) is 0.500. The van der Waals surface area contributed by atoms with Gasteiger partial charge in [-0.25, -0.2) is 0 Å². The number of hydrogen-bond donors (Lipinski definition) is 1. The lowest BCUT2D eigenvalue weighted by Crippen LogP contribution is -2.03. The van der Waals surface area contributed by atoms with Crippen molar-refractivity contribution >= 4 is 0 Å². The summed E-state index contributed by atoms with van der Waals surface area (Å²) in [7, 11) is 0. The van der Waals surface area contributed by atoms with Crippen molar-refractivity contribution in [2.45, 2.75) is 13.8 Å². The van der Waals surface area contributed by atoms with Crippen molar-refractivity contribution in [2.75, 3.05) is 0 Å². The molecule has 0 aromatic heterocycles. The summed E-state index contributed by atoms with van der Waals surface area (Å²) in [5.41, 5.74) is 6.01. The van der Waals surface area contributed by atoms with Gasteiger partial charge in [-0.15, -0.1) is 0 Å². The van der Waals surface area contributed by atoms with Crippen LogP contribution in [0.25, 0.3) is 0 Å². The number of rotatable bonds is 1. The molecule has 0 aliphatic carbocycles. The lowest BCUT2D eigenvalue weighted by molar-refractivity contribution is 0.758. The van der Waals surface area contributed by atoms with Crippen molar-refractivity contribution < 1.29 is 0 Å². The molecule has 8 heavy (non-hydrogen) atoms. The van der Waals surface area contributed by atoms with Crippen LogP contribution >= 0.6 is 0 Å². The summed E-state index contributed by atoms with van der Waals surface area (Å²) < 4.78 is 0. The first-order chi connectivity index (χ1) is 3.68. The van der Waals surface area contributed by atoms with Gasteiger partial charge in [0.2, 0.25) is 0 Å². The Balaban J connectivity index is 3.85. The van der Waals surface area contributed by atoms with Gasteiger partial charge in [-0.3, -0.25) is 0 Å². The molecular weight excluding hydrogens is 100 g/mol. The van der Waals surface area contributed by atoms with E-state index in [-0.39, 0.29) is 5.92 Å². The minimum atomic E-state index is 0.287. The molecule has 0 bridgehead atoms. The predicted octanol–water partition coefficient (Wildman–Crippen LogP) is 1.01. The molecule has 0 atom stereocenters. The van der Waals surface area contributed by atoms with Crippen LogP contribution in [0.4, 0.5) is 0 Å². The van der Waals surface area contributed by atoms with Gasteiger partial charge < -0.3 is 5.73 Å². The van der Waals surface area contributed by atoms with Gasteiger partial charge in [-0.1, -0.05) is 13.8 Å². The average molecular weight is 110 g/mol. The smallest absolute Gasteiger partial charge is 0.0930 e. The second-order valence-corrected chi connectivity index (χ2v) is 1.93. The fourth-order valence-corrected chi connectivity index (χ4v) is 0.241. The molecule has 0 saturated heterocycles. The van der Waals surface area contributed by atoms with Crippen LogP contribution in [0, 0.1) is 17.2 Å². The zero-order valence-corrected chi connectivity index (χ0v) is 5.18. The van der Waals surface area contributed by atoms with Gasteiger partial charge in [-0.2, -0.15) is 5.26 Å². The minimum absolute atomic E-state index is 0.287. The molecule has 0 amide bonds. The summed E-state index contributed by atoms with van der Waals surface area (Å²) in [5.74, 6) is 0.287. The van der Waals surface area contributed by atoms with Crippen LogP contribution in [0.5, 0.6) is 0 Å². The van der Waals surface area contributed by atoms with Crippen LogP contribution in [0.2, 0.25) is 0 Å². The highest BCUT2D eigenvalue weighted by Crippen LogP contribution is 1.99. The first-order valence-electron chi connectivity index (χ1n) is 2.53. The Hall–Kier alpha value is -0.970. The van der Waals surface area contributed by atoms with Gasteiger partial charge in [-0.05, 0) is 5.92 Å². The molecule has 0 aromatic carbocycles. The Bertz CT molecular complexity index is 128. The van der Waals surface area contributed by atoms with Crippen molar-refractivity contribution in [2.24, 2.45) is 11.7 Å². The van der Waals surface area contributed by atoms with Crippen LogP contribution in [0.15, 0.2) is 11.8 Å². The summed E-state index contributed by atoms with van der Waals surface area (Å²) in [6, 6.07) is 1.86. The molecule has 2 heteroatoms. The van der Waals surface area contributed by atoms with Gasteiger partial charge in [0.25, 0.3) is 0 Å². The van der Waals surface area contributed by atoms with Crippen molar-refractivity contribution in [3.63, 3.8) is 0 Å². The minimum Gasteiger partial charge on any atom is -0.401 e. The van der Waals surface area contributed by atoms with E-state index in [1.54, 1.807) is 0 Å². The molecule has 0 aliphatic heterocycles. The van der Waals surface area contributed by atoms with Gasteiger partial charge in [0, 0.05) is 11.8 Å². The van der Waals surface area contributed by atoms with Gasteiger partial charge in [0.1, 0.15) is 0 Å². The number of allylic oxidation sites excluding steroid dienone is 2. The topological polar surface area (TPSA) is 49.8 Å². The lowest BCUT2D eigenvalue weighted by atomic mass is 10.1. The molecule has 0 fully saturated rings. The van der Waals surface area contributed by atoms with E-state index >= 15 is 0 Å². The molecule has 44 valence electrons. The third kappa shape index (κ3) is 2.25. The van der Waals surface area contributed by atoms with Crippen LogP contribution in [0.3, 0.4) is 0 Å². The van der Waals surface area contributed by atoms with E-state index in [4.69, 9.17) is 11.0 Å². The Morgan fingerprint density at radius 1 is 1.75 bits per heavy atom. The maximum atomic E-state index is 8.08. The quantitative estimate of drug-likeness (QED) is 0.512. The van der Waals surface area contributed by atoms with Crippen molar-refractivity contribution in [3.05, 3.63) is 11.8 Å². The van der Waals surface area contributed by atoms with Gasteiger partial charge in [0.05, 0.1) is 6.07 Å². The fourth-order valence-electron chi connectivity index (χ4n) is 0.241. The molecule has 2 N–H and O–H groups in total. The molecule has 2 nitrogen and oxygen atoms in total. The third-order valence-electron chi connectivity index (χ3n) is 0.898. The van der Waals surface area contributed by atoms with E-state index in [2.05, 4.69) is 0 Å². The Kier molecular flexibility index (Phi) is 2.71. The summed E-state index contributed by atoms with van der Waals surface area (Å²) in [6.07, 6.45) is 1.37. The number of hydrogen-bond acceptors (Lipinski definition) is 2. The van der Waals surface area contributed by atoms with Crippen molar-refractivity contribution in [1.29, 1.82) is 5.26 Å². The summed E-state index contributed by atoms with van der Waals surface area (Å²) in [5, 5.41) is 8.08. The maximum absolute atomic E-state index is 8.08. The maximum Gasteiger partial charge on any atom is 0.0930 e. The first-order valence-corrected chi connectivity index (χ1v) is 2.53. The second-order valence-electron chi connectivity index (χ2n) is 1.93. The Morgan fingerprint density at radius 2 is 2.25 bits per heavy atom. The SMILES string of the molecule is CC(C)/C(N)=C\C#N. The van der Waals surface area contributed by atoms with Gasteiger partial charge in [0.15, 0.2) is 0 Å². The van der Waals surface area contributed by atoms with Crippen molar-refractivity contribution in [3.8, 4) is 6.07 Å². The predicted molar refractivity (Wildman–Crippen MR) is 32.7 cm³/mol. The van der Waals surface area contributed by atoms with Gasteiger partial charge >= 0.3 is 0 Å². The highest BCUT2D eigenvalue weighted by Gasteiger charge is 1.93. The second kappa shape index (κ2) is 3.09. The third-order valence-corrected chi connectivity index (χ3v) is 0.898. The monoisotopic (exact) mass is 110 g/mol. The number of nitrogens with two attached hydrogens (primary N) is 1. The zero-order valence-electron chi connectivity index (χ0n) is 5.18. The van der Waals surface area contributed by atoms with Crippen LogP contribution < -0.4 is 5.73 Å².